The average molecular weight is 209 g/mol. The Morgan fingerprint density at radius 1 is 1.62 bits per heavy atom. The third kappa shape index (κ3) is 7.92. The molecule has 0 radical (unpaired) electrons. The van der Waals surface area contributed by atoms with Gasteiger partial charge in [0.15, 0.2) is 0 Å². The Morgan fingerprint density at radius 2 is 2.08 bits per heavy atom. The molecule has 0 amide bonds. The Bertz CT molecular complexity index is 281. The summed E-state index contributed by atoms with van der Waals surface area (Å²) in [5.41, 5.74) is -0.873. The summed E-state index contributed by atoms with van der Waals surface area (Å²) in [6, 6.07) is 0. The summed E-state index contributed by atoms with van der Waals surface area (Å²) in [6.07, 6.45) is 0. The summed E-state index contributed by atoms with van der Waals surface area (Å²) < 4.78 is 29.3. The first-order chi connectivity index (χ1) is 5.62. The van der Waals surface area contributed by atoms with Crippen molar-refractivity contribution >= 4 is 10.1 Å². The topological polar surface area (TPSA) is 86.6 Å². The molecule has 0 rings (SSSR count). The molecule has 0 spiro atoms. The molecule has 0 aliphatic heterocycles. The highest BCUT2D eigenvalue weighted by atomic mass is 32.2. The lowest BCUT2D eigenvalue weighted by Crippen LogP contribution is -2.48. The molecule has 6 heteroatoms. The van der Waals surface area contributed by atoms with Crippen LogP contribution in [0.4, 0.5) is 0 Å². The molecule has 3 N–H and O–H groups in total. The van der Waals surface area contributed by atoms with Gasteiger partial charge >= 0.3 is 0 Å². The van der Waals surface area contributed by atoms with Crippen molar-refractivity contribution in [3.63, 3.8) is 0 Å². The monoisotopic (exact) mass is 209 g/mol. The second-order valence-corrected chi connectivity index (χ2v) is 4.76. The van der Waals surface area contributed by atoms with Crippen LogP contribution >= 0.6 is 0 Å². The van der Waals surface area contributed by atoms with Crippen molar-refractivity contribution < 1.29 is 18.1 Å². The summed E-state index contributed by atoms with van der Waals surface area (Å²) in [4.78, 5) is 0. The van der Waals surface area contributed by atoms with Crippen molar-refractivity contribution in [3.8, 4) is 0 Å². The average Bonchev–Trinajstić information content (AvgIpc) is 1.78. The van der Waals surface area contributed by atoms with Crippen LogP contribution in [0.1, 0.15) is 13.8 Å². The quantitative estimate of drug-likeness (QED) is 0.330. The predicted molar refractivity (Wildman–Crippen MR) is 49.9 cm³/mol. The van der Waals surface area contributed by atoms with Crippen LogP contribution < -0.4 is 5.32 Å². The highest BCUT2D eigenvalue weighted by molar-refractivity contribution is 7.85. The summed E-state index contributed by atoms with van der Waals surface area (Å²) in [5, 5.41) is 11.9. The highest BCUT2D eigenvalue weighted by Gasteiger charge is 2.26. The van der Waals surface area contributed by atoms with Gasteiger partial charge in [-0.2, -0.15) is 8.42 Å². The van der Waals surface area contributed by atoms with Crippen LogP contribution in [0.5, 0.6) is 0 Å². The fourth-order valence-corrected chi connectivity index (χ4v) is 1.56. The van der Waals surface area contributed by atoms with E-state index in [4.69, 9.17) is 4.55 Å². The number of aliphatic hydroxyl groups is 1. The SMILES string of the molecule is C=C(C)CNC(C)(O)CS(=O)(=O)O. The Balaban J connectivity index is 4.17. The van der Waals surface area contributed by atoms with E-state index in [9.17, 15) is 13.5 Å². The van der Waals surface area contributed by atoms with Gasteiger partial charge in [-0.25, -0.2) is 0 Å². The van der Waals surface area contributed by atoms with E-state index < -0.39 is 21.6 Å². The summed E-state index contributed by atoms with van der Waals surface area (Å²) in [5.74, 6) is -0.743. The molecule has 0 aromatic heterocycles. The van der Waals surface area contributed by atoms with E-state index in [2.05, 4.69) is 11.9 Å². The molecule has 0 aromatic carbocycles. The number of nitrogens with one attached hydrogen (secondary N) is 1. The molecule has 0 saturated heterocycles. The van der Waals surface area contributed by atoms with Gasteiger partial charge in [0, 0.05) is 6.54 Å². The van der Waals surface area contributed by atoms with Crippen LogP contribution in [0.3, 0.4) is 0 Å². The van der Waals surface area contributed by atoms with Crippen molar-refractivity contribution in [2.75, 3.05) is 12.3 Å². The van der Waals surface area contributed by atoms with Gasteiger partial charge in [0.1, 0.15) is 11.5 Å². The molecule has 0 aliphatic rings. The van der Waals surface area contributed by atoms with Gasteiger partial charge in [0.05, 0.1) is 0 Å². The van der Waals surface area contributed by atoms with E-state index in [0.717, 1.165) is 5.57 Å². The third-order valence-electron chi connectivity index (χ3n) is 1.23. The Hall–Kier alpha value is -0.430. The van der Waals surface area contributed by atoms with Crippen LogP contribution in [0.25, 0.3) is 0 Å². The molecule has 5 nitrogen and oxygen atoms in total. The van der Waals surface area contributed by atoms with E-state index in [-0.39, 0.29) is 0 Å². The Morgan fingerprint density at radius 3 is 2.38 bits per heavy atom. The largest absolute Gasteiger partial charge is 0.375 e. The smallest absolute Gasteiger partial charge is 0.269 e. The minimum atomic E-state index is -4.17. The molecule has 0 bridgehead atoms. The van der Waals surface area contributed by atoms with Crippen LogP contribution in [-0.2, 0) is 10.1 Å². The first kappa shape index (κ1) is 12.6. The van der Waals surface area contributed by atoms with Gasteiger partial charge in [-0.15, -0.1) is 0 Å². The molecular weight excluding hydrogens is 194 g/mol. The second kappa shape index (κ2) is 4.19. The van der Waals surface area contributed by atoms with Gasteiger partial charge in [-0.1, -0.05) is 12.2 Å². The van der Waals surface area contributed by atoms with Crippen LogP contribution in [0.2, 0.25) is 0 Å². The third-order valence-corrected chi connectivity index (χ3v) is 2.16. The van der Waals surface area contributed by atoms with E-state index >= 15 is 0 Å². The maximum Gasteiger partial charge on any atom is 0.269 e. The van der Waals surface area contributed by atoms with Gasteiger partial charge in [0.25, 0.3) is 10.1 Å². The zero-order chi connectivity index (χ0) is 10.7. The van der Waals surface area contributed by atoms with E-state index in [1.807, 2.05) is 0 Å². The Labute approximate surface area is 78.2 Å². The molecule has 0 aromatic rings. The minimum absolute atomic E-state index is 0.294. The standard InChI is InChI=1S/C7H15NO4S/c1-6(2)4-8-7(3,9)5-13(10,11)12/h8-9H,1,4-5H2,2-3H3,(H,10,11,12). The van der Waals surface area contributed by atoms with Gasteiger partial charge in [-0.3, -0.25) is 9.87 Å². The summed E-state index contributed by atoms with van der Waals surface area (Å²) >= 11 is 0. The normalized spacial score (nSPS) is 16.6. The molecule has 0 saturated carbocycles. The fraction of sp³-hybridized carbons (Fsp3) is 0.714. The van der Waals surface area contributed by atoms with Crippen molar-refractivity contribution in [3.05, 3.63) is 12.2 Å². The lowest BCUT2D eigenvalue weighted by atomic mass is 10.2. The molecule has 0 heterocycles. The lowest BCUT2D eigenvalue weighted by Gasteiger charge is -2.23. The molecule has 13 heavy (non-hydrogen) atoms. The van der Waals surface area contributed by atoms with Gasteiger partial charge in [-0.05, 0) is 13.8 Å². The molecule has 1 atom stereocenters. The van der Waals surface area contributed by atoms with Gasteiger partial charge in [0.2, 0.25) is 0 Å². The van der Waals surface area contributed by atoms with Crippen LogP contribution in [0, 0.1) is 0 Å². The van der Waals surface area contributed by atoms with Crippen LogP contribution in [0.15, 0.2) is 12.2 Å². The molecule has 78 valence electrons. The molecule has 1 unspecified atom stereocenters. The Kier molecular flexibility index (Phi) is 4.05. The van der Waals surface area contributed by atoms with Crippen molar-refractivity contribution in [1.82, 2.24) is 5.32 Å². The number of rotatable bonds is 5. The summed E-state index contributed by atoms with van der Waals surface area (Å²) in [6.45, 7) is 6.86. The maximum atomic E-state index is 10.4. The fourth-order valence-electron chi connectivity index (χ4n) is 0.748. The molecule has 0 fully saturated rings. The van der Waals surface area contributed by atoms with E-state index in [0.29, 0.717) is 6.54 Å². The minimum Gasteiger partial charge on any atom is -0.375 e. The zero-order valence-corrected chi connectivity index (χ0v) is 8.56. The zero-order valence-electron chi connectivity index (χ0n) is 7.74. The maximum absolute atomic E-state index is 10.4. The first-order valence-corrected chi connectivity index (χ1v) is 5.30. The lowest BCUT2D eigenvalue weighted by molar-refractivity contribution is 0.0487. The van der Waals surface area contributed by atoms with Gasteiger partial charge < -0.3 is 5.11 Å². The number of hydrogen-bond donors (Lipinski definition) is 3. The predicted octanol–water partition coefficient (Wildman–Crippen LogP) is -0.252. The van der Waals surface area contributed by atoms with E-state index in [1.165, 1.54) is 6.92 Å². The number of hydrogen-bond acceptors (Lipinski definition) is 4. The highest BCUT2D eigenvalue weighted by Crippen LogP contribution is 2.02. The van der Waals surface area contributed by atoms with Crippen molar-refractivity contribution in [1.29, 1.82) is 0 Å². The molecular formula is C7H15NO4S. The first-order valence-electron chi connectivity index (χ1n) is 3.69. The van der Waals surface area contributed by atoms with Crippen molar-refractivity contribution in [2.24, 2.45) is 0 Å². The molecule has 0 aliphatic carbocycles. The summed E-state index contributed by atoms with van der Waals surface area (Å²) in [7, 11) is -4.17. The van der Waals surface area contributed by atoms with Crippen molar-refractivity contribution in [2.45, 2.75) is 19.6 Å². The van der Waals surface area contributed by atoms with E-state index in [1.54, 1.807) is 6.92 Å². The van der Waals surface area contributed by atoms with Crippen LogP contribution in [-0.4, -0.2) is 36.1 Å². The second-order valence-electron chi connectivity index (χ2n) is 3.31.